The van der Waals surface area contributed by atoms with Gasteiger partial charge >= 0.3 is 0 Å². The summed E-state index contributed by atoms with van der Waals surface area (Å²) < 4.78 is 0. The van der Waals surface area contributed by atoms with Crippen LogP contribution in [0.4, 0.5) is 0 Å². The smallest absolute Gasteiger partial charge is 0.115 e. The first-order chi connectivity index (χ1) is 19.9. The van der Waals surface area contributed by atoms with Crippen LogP contribution in [0.5, 0.6) is 0 Å². The minimum Gasteiger partial charge on any atom is -0.255 e. The van der Waals surface area contributed by atoms with Gasteiger partial charge in [-0.15, -0.1) is 20.4 Å². The second kappa shape index (κ2) is 10.5. The van der Waals surface area contributed by atoms with E-state index in [0.717, 1.165) is 93.5 Å². The molecule has 0 atom stereocenters. The van der Waals surface area contributed by atoms with Crippen LogP contribution in [0, 0.1) is 0 Å². The Morgan fingerprint density at radius 2 is 0.575 bits per heavy atom. The third kappa shape index (κ3) is 4.39. The zero-order valence-corrected chi connectivity index (χ0v) is 21.6. The Labute approximate surface area is 231 Å². The standard InChI is InChI=1S/C32H24N8/c1-5-17-33-25(9-1)29-21-13-14-23-24(16-15-22(21)30(38-37-29)26-10-2-6-18-34-26)32(28-12-4-8-20-36-28)40-39-31(23)27-11-3-7-19-35-27/h1-12,17-20H,13-16H2. The molecule has 0 aliphatic heterocycles. The van der Waals surface area contributed by atoms with Crippen LogP contribution in [0.15, 0.2) is 97.6 Å². The molecular weight excluding hydrogens is 496 g/mol. The van der Waals surface area contributed by atoms with Gasteiger partial charge < -0.3 is 0 Å². The number of rotatable bonds is 4. The van der Waals surface area contributed by atoms with Gasteiger partial charge in [-0.25, -0.2) is 0 Å². The molecule has 0 saturated carbocycles. The molecule has 0 spiro atoms. The monoisotopic (exact) mass is 520 g/mol. The van der Waals surface area contributed by atoms with E-state index in [1.807, 2.05) is 72.8 Å². The molecule has 1 aliphatic carbocycles. The van der Waals surface area contributed by atoms with Crippen molar-refractivity contribution in [1.82, 2.24) is 40.3 Å². The Bertz CT molecular complexity index is 1510. The predicted molar refractivity (Wildman–Crippen MR) is 152 cm³/mol. The van der Waals surface area contributed by atoms with Crippen LogP contribution in [0.25, 0.3) is 45.6 Å². The molecule has 0 N–H and O–H groups in total. The first-order valence-corrected chi connectivity index (χ1v) is 13.3. The van der Waals surface area contributed by atoms with Crippen LogP contribution in [0.1, 0.15) is 22.3 Å². The van der Waals surface area contributed by atoms with E-state index < -0.39 is 0 Å². The largest absolute Gasteiger partial charge is 0.255 e. The van der Waals surface area contributed by atoms with Crippen LogP contribution < -0.4 is 0 Å². The number of hydrogen-bond donors (Lipinski definition) is 0. The maximum atomic E-state index is 4.71. The molecule has 0 aromatic carbocycles. The second-order valence-corrected chi connectivity index (χ2v) is 9.57. The first-order valence-electron chi connectivity index (χ1n) is 13.3. The number of aromatic nitrogens is 8. The Morgan fingerprint density at radius 1 is 0.325 bits per heavy atom. The average Bonchev–Trinajstić information content (AvgIpc) is 3.03. The molecule has 0 fully saturated rings. The van der Waals surface area contributed by atoms with Gasteiger partial charge in [-0.3, -0.25) is 19.9 Å². The summed E-state index contributed by atoms with van der Waals surface area (Å²) in [5.74, 6) is 0. The Kier molecular flexibility index (Phi) is 6.26. The van der Waals surface area contributed by atoms with Crippen LogP contribution in [0.2, 0.25) is 0 Å². The van der Waals surface area contributed by atoms with Crippen molar-refractivity contribution < 1.29 is 0 Å². The highest BCUT2D eigenvalue weighted by molar-refractivity contribution is 5.71. The van der Waals surface area contributed by atoms with Crippen molar-refractivity contribution >= 4 is 0 Å². The van der Waals surface area contributed by atoms with Crippen molar-refractivity contribution in [2.24, 2.45) is 0 Å². The summed E-state index contributed by atoms with van der Waals surface area (Å²) in [6, 6.07) is 23.5. The van der Waals surface area contributed by atoms with E-state index >= 15 is 0 Å². The minimum atomic E-state index is 0.733. The molecule has 192 valence electrons. The quantitative estimate of drug-likeness (QED) is 0.304. The fraction of sp³-hybridized carbons (Fsp3) is 0.125. The summed E-state index contributed by atoms with van der Waals surface area (Å²) in [7, 11) is 0. The average molecular weight is 521 g/mol. The van der Waals surface area contributed by atoms with Gasteiger partial charge in [0.25, 0.3) is 0 Å². The summed E-state index contributed by atoms with van der Waals surface area (Å²) in [5, 5.41) is 18.8. The van der Waals surface area contributed by atoms with E-state index in [-0.39, 0.29) is 0 Å². The molecule has 8 nitrogen and oxygen atoms in total. The van der Waals surface area contributed by atoms with Gasteiger partial charge in [-0.2, -0.15) is 0 Å². The molecule has 0 amide bonds. The number of pyridine rings is 4. The molecule has 40 heavy (non-hydrogen) atoms. The third-order valence-corrected chi connectivity index (χ3v) is 7.25. The van der Waals surface area contributed by atoms with E-state index in [1.54, 1.807) is 24.8 Å². The normalized spacial score (nSPS) is 12.6. The Hall–Kier alpha value is -5.24. The minimum absolute atomic E-state index is 0.733. The molecule has 6 heterocycles. The van der Waals surface area contributed by atoms with Gasteiger partial charge in [-0.1, -0.05) is 24.3 Å². The van der Waals surface area contributed by atoms with E-state index in [1.165, 1.54) is 0 Å². The topological polar surface area (TPSA) is 103 Å². The van der Waals surface area contributed by atoms with Gasteiger partial charge in [0, 0.05) is 24.8 Å². The van der Waals surface area contributed by atoms with Crippen LogP contribution in [0.3, 0.4) is 0 Å². The summed E-state index contributed by atoms with van der Waals surface area (Å²) in [6.07, 6.45) is 10.1. The predicted octanol–water partition coefficient (Wildman–Crippen LogP) is 5.40. The summed E-state index contributed by atoms with van der Waals surface area (Å²) in [5.41, 5.74) is 11.1. The second-order valence-electron chi connectivity index (χ2n) is 9.57. The van der Waals surface area contributed by atoms with Crippen LogP contribution in [-0.4, -0.2) is 40.3 Å². The molecule has 0 radical (unpaired) electrons. The lowest BCUT2D eigenvalue weighted by molar-refractivity contribution is 0.800. The van der Waals surface area contributed by atoms with Crippen molar-refractivity contribution in [2.45, 2.75) is 25.7 Å². The molecule has 0 unspecified atom stereocenters. The number of nitrogens with zero attached hydrogens (tertiary/aromatic N) is 8. The Morgan fingerprint density at radius 3 is 0.775 bits per heavy atom. The van der Waals surface area contributed by atoms with Crippen LogP contribution in [-0.2, 0) is 25.7 Å². The fourth-order valence-electron chi connectivity index (χ4n) is 5.42. The lowest BCUT2D eigenvalue weighted by atomic mass is 9.84. The third-order valence-electron chi connectivity index (χ3n) is 7.25. The molecule has 6 aromatic rings. The highest BCUT2D eigenvalue weighted by atomic mass is 15.1. The highest BCUT2D eigenvalue weighted by Crippen LogP contribution is 2.37. The van der Waals surface area contributed by atoms with Crippen molar-refractivity contribution in [3.8, 4) is 45.6 Å². The highest BCUT2D eigenvalue weighted by Gasteiger charge is 2.27. The number of hydrogen-bond acceptors (Lipinski definition) is 8. The zero-order chi connectivity index (χ0) is 26.7. The molecule has 0 bridgehead atoms. The molecular formula is C32H24N8. The molecule has 1 aliphatic rings. The molecule has 6 aromatic heterocycles. The lowest BCUT2D eigenvalue weighted by Gasteiger charge is -2.23. The van der Waals surface area contributed by atoms with E-state index in [4.69, 9.17) is 20.4 Å². The van der Waals surface area contributed by atoms with E-state index in [9.17, 15) is 0 Å². The summed E-state index contributed by atoms with van der Waals surface area (Å²) in [6.45, 7) is 0. The maximum Gasteiger partial charge on any atom is 0.115 e. The molecule has 0 saturated heterocycles. The van der Waals surface area contributed by atoms with Gasteiger partial charge in [0.1, 0.15) is 22.8 Å². The SMILES string of the molecule is c1ccc(-c2nnc(-c3ccccn3)c3c2CCc2c(-c4ccccn4)nnc(-c4ccccn4)c2CC3)nc1. The van der Waals surface area contributed by atoms with Crippen molar-refractivity contribution in [1.29, 1.82) is 0 Å². The van der Waals surface area contributed by atoms with E-state index in [0.29, 0.717) is 0 Å². The van der Waals surface area contributed by atoms with Gasteiger partial charge in [-0.05, 0) is 96.5 Å². The first kappa shape index (κ1) is 23.8. The zero-order valence-electron chi connectivity index (χ0n) is 21.6. The fourth-order valence-corrected chi connectivity index (χ4v) is 5.42. The van der Waals surface area contributed by atoms with Crippen molar-refractivity contribution in [3.63, 3.8) is 0 Å². The van der Waals surface area contributed by atoms with E-state index in [2.05, 4.69) is 19.9 Å². The van der Waals surface area contributed by atoms with Gasteiger partial charge in [0.15, 0.2) is 0 Å². The van der Waals surface area contributed by atoms with Crippen molar-refractivity contribution in [2.75, 3.05) is 0 Å². The Balaban J connectivity index is 1.43. The maximum absolute atomic E-state index is 4.71. The summed E-state index contributed by atoms with van der Waals surface area (Å²) in [4.78, 5) is 18.5. The lowest BCUT2D eigenvalue weighted by Crippen LogP contribution is -2.16. The summed E-state index contributed by atoms with van der Waals surface area (Å²) >= 11 is 0. The molecule has 7 rings (SSSR count). The van der Waals surface area contributed by atoms with Crippen molar-refractivity contribution in [3.05, 3.63) is 120 Å². The molecule has 8 heteroatoms. The van der Waals surface area contributed by atoms with Crippen LogP contribution >= 0.6 is 0 Å². The van der Waals surface area contributed by atoms with Gasteiger partial charge in [0.2, 0.25) is 0 Å². The number of fused-ring (bicyclic) bond motifs is 2. The van der Waals surface area contributed by atoms with Gasteiger partial charge in [0.05, 0.1) is 22.8 Å².